The van der Waals surface area contributed by atoms with E-state index in [2.05, 4.69) is 29.9 Å². The van der Waals surface area contributed by atoms with E-state index in [1.54, 1.807) is 12.3 Å². The summed E-state index contributed by atoms with van der Waals surface area (Å²) < 4.78 is 0. The third-order valence-corrected chi connectivity index (χ3v) is 2.50. The zero-order chi connectivity index (χ0) is 12.6. The zero-order valence-electron chi connectivity index (χ0n) is 10.1. The number of hydrogen-bond donors (Lipinski definition) is 0. The van der Waals surface area contributed by atoms with Gasteiger partial charge in [-0.25, -0.2) is 0 Å². The van der Waals surface area contributed by atoms with Gasteiger partial charge in [0, 0.05) is 5.56 Å². The summed E-state index contributed by atoms with van der Waals surface area (Å²) in [6, 6.07) is 18.3. The molecule has 0 spiro atoms. The molecule has 2 aromatic rings. The molecule has 2 rings (SSSR count). The quantitative estimate of drug-likeness (QED) is 0.334. The molecule has 0 fully saturated rings. The normalized spacial score (nSPS) is 10.4. The number of nitrogens with zero attached hydrogens (tertiary/aromatic N) is 1. The van der Waals surface area contributed by atoms with Crippen LogP contribution < -0.4 is 0 Å². The Hall–Kier alpha value is -2.35. The molecule has 0 aliphatic carbocycles. The molecule has 0 heterocycles. The van der Waals surface area contributed by atoms with Crippen molar-refractivity contribution >= 4 is 6.21 Å². The fourth-order valence-electron chi connectivity index (χ4n) is 1.68. The maximum atomic E-state index is 5.03. The maximum Gasteiger partial charge on any atom is 0.135 e. The van der Waals surface area contributed by atoms with Gasteiger partial charge in [0.1, 0.15) is 6.61 Å². The molecule has 0 N–H and O–H groups in total. The SMILES string of the molecule is C=CCO/N=C/c1ccccc1-c1ccccc1. The maximum absolute atomic E-state index is 5.03. The molecular weight excluding hydrogens is 222 g/mol. The number of benzene rings is 2. The van der Waals surface area contributed by atoms with Crippen LogP contribution in [-0.2, 0) is 4.84 Å². The van der Waals surface area contributed by atoms with Crippen molar-refractivity contribution in [1.29, 1.82) is 0 Å². The summed E-state index contributed by atoms with van der Waals surface area (Å²) in [5.41, 5.74) is 3.35. The molecule has 0 unspecified atom stereocenters. The van der Waals surface area contributed by atoms with Crippen molar-refractivity contribution in [2.75, 3.05) is 6.61 Å². The van der Waals surface area contributed by atoms with E-state index in [0.717, 1.165) is 11.1 Å². The third kappa shape index (κ3) is 3.08. The van der Waals surface area contributed by atoms with Crippen molar-refractivity contribution in [2.24, 2.45) is 5.16 Å². The number of hydrogen-bond acceptors (Lipinski definition) is 2. The lowest BCUT2D eigenvalue weighted by molar-refractivity contribution is 0.176. The second kappa shape index (κ2) is 6.40. The van der Waals surface area contributed by atoms with Crippen LogP contribution in [0.1, 0.15) is 5.56 Å². The van der Waals surface area contributed by atoms with Gasteiger partial charge in [0.25, 0.3) is 0 Å². The van der Waals surface area contributed by atoms with Crippen LogP contribution in [0.25, 0.3) is 11.1 Å². The first-order valence-corrected chi connectivity index (χ1v) is 5.82. The Labute approximate surface area is 107 Å². The van der Waals surface area contributed by atoms with E-state index < -0.39 is 0 Å². The van der Waals surface area contributed by atoms with Gasteiger partial charge in [0.05, 0.1) is 6.21 Å². The molecule has 0 atom stereocenters. The molecule has 0 aromatic heterocycles. The Morgan fingerprint density at radius 1 is 1.00 bits per heavy atom. The van der Waals surface area contributed by atoms with E-state index in [1.807, 2.05) is 36.4 Å². The van der Waals surface area contributed by atoms with Gasteiger partial charge in [0.15, 0.2) is 0 Å². The second-order valence-electron chi connectivity index (χ2n) is 3.77. The monoisotopic (exact) mass is 237 g/mol. The summed E-state index contributed by atoms with van der Waals surface area (Å²) in [6.07, 6.45) is 3.40. The van der Waals surface area contributed by atoms with Gasteiger partial charge in [-0.3, -0.25) is 0 Å². The predicted octanol–water partition coefficient (Wildman–Crippen LogP) is 3.89. The molecule has 0 aliphatic rings. The van der Waals surface area contributed by atoms with E-state index in [4.69, 9.17) is 4.84 Å². The Bertz CT molecular complexity index is 532. The van der Waals surface area contributed by atoms with E-state index in [9.17, 15) is 0 Å². The van der Waals surface area contributed by atoms with Crippen molar-refractivity contribution in [1.82, 2.24) is 0 Å². The van der Waals surface area contributed by atoms with Gasteiger partial charge in [-0.1, -0.05) is 72.4 Å². The lowest BCUT2D eigenvalue weighted by Gasteiger charge is -2.05. The van der Waals surface area contributed by atoms with Crippen molar-refractivity contribution in [3.05, 3.63) is 72.8 Å². The van der Waals surface area contributed by atoms with Gasteiger partial charge in [0.2, 0.25) is 0 Å². The highest BCUT2D eigenvalue weighted by Gasteiger charge is 2.01. The average molecular weight is 237 g/mol. The third-order valence-electron chi connectivity index (χ3n) is 2.50. The van der Waals surface area contributed by atoms with Gasteiger partial charge in [-0.05, 0) is 11.1 Å². The Kier molecular flexibility index (Phi) is 4.31. The number of oxime groups is 1. The minimum atomic E-state index is 0.421. The highest BCUT2D eigenvalue weighted by Crippen LogP contribution is 2.21. The molecule has 0 saturated carbocycles. The van der Waals surface area contributed by atoms with Gasteiger partial charge < -0.3 is 4.84 Å². The molecule has 0 bridgehead atoms. The van der Waals surface area contributed by atoms with Gasteiger partial charge >= 0.3 is 0 Å². The standard InChI is InChI=1S/C16H15NO/c1-2-12-18-17-13-15-10-6-7-11-16(15)14-8-4-3-5-9-14/h2-11,13H,1,12H2/b17-13+. The summed E-state index contributed by atoms with van der Waals surface area (Å²) >= 11 is 0. The molecule has 18 heavy (non-hydrogen) atoms. The zero-order valence-corrected chi connectivity index (χ0v) is 10.1. The largest absolute Gasteiger partial charge is 0.392 e. The fourth-order valence-corrected chi connectivity index (χ4v) is 1.68. The first-order chi connectivity index (χ1) is 8.92. The lowest BCUT2D eigenvalue weighted by Crippen LogP contribution is -1.89. The molecule has 2 aromatic carbocycles. The van der Waals surface area contributed by atoms with Crippen LogP contribution in [0.4, 0.5) is 0 Å². The van der Waals surface area contributed by atoms with Crippen molar-refractivity contribution < 1.29 is 4.84 Å². The van der Waals surface area contributed by atoms with Crippen LogP contribution in [0.15, 0.2) is 72.4 Å². The van der Waals surface area contributed by atoms with Crippen molar-refractivity contribution in [3.63, 3.8) is 0 Å². The van der Waals surface area contributed by atoms with Crippen molar-refractivity contribution in [3.8, 4) is 11.1 Å². The van der Waals surface area contributed by atoms with Crippen LogP contribution >= 0.6 is 0 Å². The highest BCUT2D eigenvalue weighted by molar-refractivity contribution is 5.90. The highest BCUT2D eigenvalue weighted by atomic mass is 16.6. The van der Waals surface area contributed by atoms with Gasteiger partial charge in [-0.2, -0.15) is 0 Å². The molecular formula is C16H15NO. The lowest BCUT2D eigenvalue weighted by atomic mass is 10.0. The molecule has 0 amide bonds. The topological polar surface area (TPSA) is 21.6 Å². The predicted molar refractivity (Wildman–Crippen MR) is 75.6 cm³/mol. The average Bonchev–Trinajstić information content (AvgIpc) is 2.45. The molecule has 90 valence electrons. The van der Waals surface area contributed by atoms with E-state index in [-0.39, 0.29) is 0 Å². The smallest absolute Gasteiger partial charge is 0.135 e. The molecule has 0 radical (unpaired) electrons. The minimum Gasteiger partial charge on any atom is -0.392 e. The summed E-state index contributed by atoms with van der Waals surface area (Å²) in [5.74, 6) is 0. The van der Waals surface area contributed by atoms with Crippen molar-refractivity contribution in [2.45, 2.75) is 0 Å². The minimum absolute atomic E-state index is 0.421. The Morgan fingerprint density at radius 2 is 1.72 bits per heavy atom. The molecule has 0 saturated heterocycles. The summed E-state index contributed by atoms with van der Waals surface area (Å²) in [6.45, 7) is 3.99. The fraction of sp³-hybridized carbons (Fsp3) is 0.0625. The van der Waals surface area contributed by atoms with Crippen LogP contribution in [0.3, 0.4) is 0 Å². The summed E-state index contributed by atoms with van der Waals surface area (Å²) in [5, 5.41) is 3.92. The van der Waals surface area contributed by atoms with E-state index in [0.29, 0.717) is 6.61 Å². The first kappa shape index (κ1) is 12.1. The van der Waals surface area contributed by atoms with Crippen LogP contribution in [-0.4, -0.2) is 12.8 Å². The molecule has 2 heteroatoms. The molecule has 0 aliphatic heterocycles. The van der Waals surface area contributed by atoms with E-state index in [1.165, 1.54) is 5.56 Å². The van der Waals surface area contributed by atoms with Crippen LogP contribution in [0.5, 0.6) is 0 Å². The van der Waals surface area contributed by atoms with Crippen LogP contribution in [0.2, 0.25) is 0 Å². The summed E-state index contributed by atoms with van der Waals surface area (Å²) in [7, 11) is 0. The van der Waals surface area contributed by atoms with Crippen LogP contribution in [0, 0.1) is 0 Å². The summed E-state index contributed by atoms with van der Waals surface area (Å²) in [4.78, 5) is 5.03. The second-order valence-corrected chi connectivity index (χ2v) is 3.77. The Morgan fingerprint density at radius 3 is 2.50 bits per heavy atom. The first-order valence-electron chi connectivity index (χ1n) is 5.82. The van der Waals surface area contributed by atoms with Gasteiger partial charge in [-0.15, -0.1) is 0 Å². The molecule has 2 nitrogen and oxygen atoms in total. The Balaban J connectivity index is 2.26. The van der Waals surface area contributed by atoms with E-state index >= 15 is 0 Å². The number of rotatable bonds is 5.